The number of carboxylic acids is 1. The molecule has 106 valence electrons. The lowest BCUT2D eigenvalue weighted by Gasteiger charge is -2.07. The molecule has 0 amide bonds. The summed E-state index contributed by atoms with van der Waals surface area (Å²) in [6, 6.07) is 8.88. The molecule has 0 bridgehead atoms. The molecule has 0 aliphatic rings. The van der Waals surface area contributed by atoms with Gasteiger partial charge in [-0.2, -0.15) is 0 Å². The number of aromatic nitrogens is 2. The van der Waals surface area contributed by atoms with Gasteiger partial charge in [0.05, 0.1) is 23.8 Å². The Morgan fingerprint density at radius 2 is 2.14 bits per heavy atom. The fraction of sp³-hybridized carbons (Fsp3) is 0.133. The van der Waals surface area contributed by atoms with Crippen molar-refractivity contribution in [2.75, 3.05) is 0 Å². The molecule has 2 aromatic heterocycles. The van der Waals surface area contributed by atoms with Crippen LogP contribution in [0.3, 0.4) is 0 Å². The Hall–Kier alpha value is -2.89. The molecule has 2 heterocycles. The van der Waals surface area contributed by atoms with Crippen LogP contribution in [0.2, 0.25) is 0 Å². The van der Waals surface area contributed by atoms with Gasteiger partial charge in [0, 0.05) is 5.56 Å². The molecule has 1 aromatic carbocycles. The van der Waals surface area contributed by atoms with Gasteiger partial charge < -0.3 is 9.52 Å². The van der Waals surface area contributed by atoms with Gasteiger partial charge in [-0.25, -0.2) is 9.78 Å². The summed E-state index contributed by atoms with van der Waals surface area (Å²) in [4.78, 5) is 27.1. The minimum Gasteiger partial charge on any atom is -0.475 e. The predicted octanol–water partition coefficient (Wildman–Crippen LogP) is 2.04. The smallest absolute Gasteiger partial charge is 0.372 e. The number of carbonyl (C=O) groups is 1. The zero-order chi connectivity index (χ0) is 15.0. The van der Waals surface area contributed by atoms with Gasteiger partial charge in [-0.3, -0.25) is 9.36 Å². The number of aromatic carboxylic acids is 1. The van der Waals surface area contributed by atoms with Gasteiger partial charge >= 0.3 is 5.97 Å². The van der Waals surface area contributed by atoms with Gasteiger partial charge in [0.1, 0.15) is 5.76 Å². The Labute approximate surface area is 119 Å². The van der Waals surface area contributed by atoms with Crippen LogP contribution >= 0.6 is 0 Å². The fourth-order valence-corrected chi connectivity index (χ4v) is 2.27. The molecule has 0 aliphatic heterocycles. The minimum atomic E-state index is -1.12. The SMILES string of the molecule is Cc1cc(Cn2c(=O)cnc3ccccc32)oc1C(=O)O. The van der Waals surface area contributed by atoms with E-state index in [1.54, 1.807) is 25.1 Å². The number of aryl methyl sites for hydroxylation is 1. The molecule has 0 fully saturated rings. The average molecular weight is 284 g/mol. The summed E-state index contributed by atoms with van der Waals surface area (Å²) in [6.45, 7) is 1.82. The lowest BCUT2D eigenvalue weighted by atomic mass is 10.2. The van der Waals surface area contributed by atoms with Crippen LogP contribution in [-0.2, 0) is 6.54 Å². The molecule has 0 saturated carbocycles. The Morgan fingerprint density at radius 3 is 2.86 bits per heavy atom. The number of hydrogen-bond donors (Lipinski definition) is 1. The molecule has 3 aromatic rings. The summed E-state index contributed by atoms with van der Waals surface area (Å²) in [5.74, 6) is -0.801. The highest BCUT2D eigenvalue weighted by atomic mass is 16.4. The predicted molar refractivity (Wildman–Crippen MR) is 75.5 cm³/mol. The number of para-hydroxylation sites is 2. The standard InChI is InChI=1S/C15H12N2O4/c1-9-6-10(21-14(9)15(19)20)8-17-12-5-3-2-4-11(12)16-7-13(17)18/h2-7H,8H2,1H3,(H,19,20). The fourth-order valence-electron chi connectivity index (χ4n) is 2.27. The van der Waals surface area contributed by atoms with E-state index < -0.39 is 5.97 Å². The van der Waals surface area contributed by atoms with Crippen molar-refractivity contribution in [3.05, 3.63) is 64.0 Å². The number of carboxylic acid groups (broad SMARTS) is 1. The second-order valence-corrected chi connectivity index (χ2v) is 4.70. The molecule has 0 spiro atoms. The number of nitrogens with zero attached hydrogens (tertiary/aromatic N) is 2. The monoisotopic (exact) mass is 284 g/mol. The Kier molecular flexibility index (Phi) is 3.06. The van der Waals surface area contributed by atoms with Gasteiger partial charge in [-0.1, -0.05) is 12.1 Å². The summed E-state index contributed by atoms with van der Waals surface area (Å²) >= 11 is 0. The van der Waals surface area contributed by atoms with Crippen molar-refractivity contribution in [2.24, 2.45) is 0 Å². The van der Waals surface area contributed by atoms with Crippen molar-refractivity contribution in [2.45, 2.75) is 13.5 Å². The Balaban J connectivity index is 2.10. The molecule has 6 nitrogen and oxygen atoms in total. The lowest BCUT2D eigenvalue weighted by Crippen LogP contribution is -2.20. The van der Waals surface area contributed by atoms with E-state index >= 15 is 0 Å². The van der Waals surface area contributed by atoms with E-state index in [9.17, 15) is 9.59 Å². The molecule has 21 heavy (non-hydrogen) atoms. The minimum absolute atomic E-state index is 0.101. The van der Waals surface area contributed by atoms with Crippen LogP contribution < -0.4 is 5.56 Å². The Bertz CT molecular complexity index is 892. The van der Waals surface area contributed by atoms with E-state index in [4.69, 9.17) is 9.52 Å². The number of furan rings is 1. The zero-order valence-corrected chi connectivity index (χ0v) is 11.2. The molecule has 0 radical (unpaired) electrons. The first-order valence-electron chi connectivity index (χ1n) is 6.33. The van der Waals surface area contributed by atoms with Crippen LogP contribution in [0.25, 0.3) is 11.0 Å². The van der Waals surface area contributed by atoms with E-state index in [2.05, 4.69) is 4.98 Å². The normalized spacial score (nSPS) is 10.9. The van der Waals surface area contributed by atoms with E-state index in [0.717, 1.165) is 0 Å². The van der Waals surface area contributed by atoms with Gasteiger partial charge in [-0.05, 0) is 25.1 Å². The van der Waals surface area contributed by atoms with Gasteiger partial charge in [0.15, 0.2) is 0 Å². The maximum Gasteiger partial charge on any atom is 0.372 e. The second kappa shape index (κ2) is 4.90. The number of benzene rings is 1. The molecule has 6 heteroatoms. The van der Waals surface area contributed by atoms with Crippen molar-refractivity contribution in [3.8, 4) is 0 Å². The van der Waals surface area contributed by atoms with Crippen molar-refractivity contribution in [1.29, 1.82) is 0 Å². The maximum atomic E-state index is 12.0. The molecule has 0 aliphatic carbocycles. The first kappa shape index (κ1) is 13.1. The summed E-state index contributed by atoms with van der Waals surface area (Å²) in [6.07, 6.45) is 1.25. The summed E-state index contributed by atoms with van der Waals surface area (Å²) in [5.41, 5.74) is 1.64. The van der Waals surface area contributed by atoms with Gasteiger partial charge in [0.2, 0.25) is 5.76 Å². The molecule has 0 atom stereocenters. The first-order chi connectivity index (χ1) is 10.1. The molecular weight excluding hydrogens is 272 g/mol. The number of fused-ring (bicyclic) bond motifs is 1. The topological polar surface area (TPSA) is 85.3 Å². The Morgan fingerprint density at radius 1 is 1.38 bits per heavy atom. The van der Waals surface area contributed by atoms with E-state index in [0.29, 0.717) is 22.4 Å². The van der Waals surface area contributed by atoms with Crippen molar-refractivity contribution in [1.82, 2.24) is 9.55 Å². The van der Waals surface area contributed by atoms with Gasteiger partial charge in [0.25, 0.3) is 5.56 Å². The van der Waals surface area contributed by atoms with Crippen molar-refractivity contribution < 1.29 is 14.3 Å². The van der Waals surface area contributed by atoms with Crippen LogP contribution in [0.1, 0.15) is 21.9 Å². The largest absolute Gasteiger partial charge is 0.475 e. The molecule has 1 N–H and O–H groups in total. The van der Waals surface area contributed by atoms with E-state index in [1.165, 1.54) is 10.8 Å². The van der Waals surface area contributed by atoms with Crippen LogP contribution in [0, 0.1) is 6.92 Å². The zero-order valence-electron chi connectivity index (χ0n) is 11.2. The van der Waals surface area contributed by atoms with Crippen LogP contribution in [0.4, 0.5) is 0 Å². The van der Waals surface area contributed by atoms with Crippen molar-refractivity contribution >= 4 is 17.0 Å². The molecule has 0 saturated heterocycles. The maximum absolute atomic E-state index is 12.0. The molecule has 0 unspecified atom stereocenters. The van der Waals surface area contributed by atoms with Crippen LogP contribution in [0.5, 0.6) is 0 Å². The third kappa shape index (κ3) is 2.31. The van der Waals surface area contributed by atoms with E-state index in [1.807, 2.05) is 12.1 Å². The number of rotatable bonds is 3. The third-order valence-electron chi connectivity index (χ3n) is 3.23. The molecular formula is C15H12N2O4. The lowest BCUT2D eigenvalue weighted by molar-refractivity contribution is 0.0659. The highest BCUT2D eigenvalue weighted by molar-refractivity contribution is 5.86. The van der Waals surface area contributed by atoms with E-state index in [-0.39, 0.29) is 17.9 Å². The summed E-state index contributed by atoms with van der Waals surface area (Å²) < 4.78 is 6.81. The molecule has 3 rings (SSSR count). The quantitative estimate of drug-likeness (QED) is 0.795. The van der Waals surface area contributed by atoms with Crippen molar-refractivity contribution in [3.63, 3.8) is 0 Å². The number of hydrogen-bond acceptors (Lipinski definition) is 4. The summed E-state index contributed by atoms with van der Waals surface area (Å²) in [5, 5.41) is 9.00. The highest BCUT2D eigenvalue weighted by Crippen LogP contribution is 2.17. The second-order valence-electron chi connectivity index (χ2n) is 4.70. The first-order valence-corrected chi connectivity index (χ1v) is 6.33. The van der Waals surface area contributed by atoms with Crippen LogP contribution in [0.15, 0.2) is 45.7 Å². The van der Waals surface area contributed by atoms with Gasteiger partial charge in [-0.15, -0.1) is 0 Å². The average Bonchev–Trinajstić information content (AvgIpc) is 2.83. The third-order valence-corrected chi connectivity index (χ3v) is 3.23. The van der Waals surface area contributed by atoms with Crippen LogP contribution in [-0.4, -0.2) is 20.6 Å². The summed E-state index contributed by atoms with van der Waals surface area (Å²) in [7, 11) is 0. The highest BCUT2D eigenvalue weighted by Gasteiger charge is 2.15.